The number of hydrogen-bond acceptors (Lipinski definition) is 3. The van der Waals surface area contributed by atoms with Crippen LogP contribution in [-0.2, 0) is 10.2 Å². The molecule has 0 radical (unpaired) electrons. The van der Waals surface area contributed by atoms with Crippen molar-refractivity contribution in [2.75, 3.05) is 59.4 Å². The van der Waals surface area contributed by atoms with Crippen LogP contribution in [0, 0.1) is 0 Å². The summed E-state index contributed by atoms with van der Waals surface area (Å²) >= 11 is 6.21. The van der Waals surface area contributed by atoms with Gasteiger partial charge in [0.15, 0.2) is 5.96 Å². The molecule has 1 N–H and O–H groups in total. The second kappa shape index (κ2) is 11.2. The lowest BCUT2D eigenvalue weighted by Crippen LogP contribution is -2.55. The van der Waals surface area contributed by atoms with E-state index in [0.29, 0.717) is 12.5 Å². The lowest BCUT2D eigenvalue weighted by atomic mass is 9.96. The van der Waals surface area contributed by atoms with Gasteiger partial charge in [0.1, 0.15) is 0 Å². The molecule has 2 heterocycles. The van der Waals surface area contributed by atoms with Gasteiger partial charge in [0, 0.05) is 63.3 Å². The fourth-order valence-electron chi connectivity index (χ4n) is 4.67. The molecule has 2 aliphatic heterocycles. The first-order valence-electron chi connectivity index (χ1n) is 11.3. The van der Waals surface area contributed by atoms with Crippen LogP contribution in [0.15, 0.2) is 29.3 Å². The molecule has 0 unspecified atom stereocenters. The van der Waals surface area contributed by atoms with Crippen molar-refractivity contribution in [3.63, 3.8) is 0 Å². The largest absolute Gasteiger partial charge is 0.355 e. The Hall–Kier alpha value is -1.06. The number of nitrogens with zero attached hydrogens (tertiary/aromatic N) is 4. The maximum absolute atomic E-state index is 12.5. The molecule has 4 rings (SSSR count). The van der Waals surface area contributed by atoms with E-state index in [1.807, 2.05) is 24.1 Å². The van der Waals surface area contributed by atoms with Gasteiger partial charge in [-0.25, -0.2) is 0 Å². The van der Waals surface area contributed by atoms with Crippen molar-refractivity contribution in [3.8, 4) is 0 Å². The Morgan fingerprint density at radius 1 is 1.06 bits per heavy atom. The fourth-order valence-corrected chi connectivity index (χ4v) is 4.86. The zero-order chi connectivity index (χ0) is 21.0. The molecule has 8 heteroatoms. The zero-order valence-corrected chi connectivity index (χ0v) is 21.6. The van der Waals surface area contributed by atoms with Crippen molar-refractivity contribution in [1.82, 2.24) is 20.0 Å². The average Bonchev–Trinajstić information content (AvgIpc) is 3.57. The van der Waals surface area contributed by atoms with Gasteiger partial charge in [0.2, 0.25) is 5.91 Å². The number of hydrogen-bond donors (Lipinski definition) is 1. The predicted molar refractivity (Wildman–Crippen MR) is 138 cm³/mol. The van der Waals surface area contributed by atoms with Crippen molar-refractivity contribution < 1.29 is 4.79 Å². The number of carbonyl (C=O) groups excluding carboxylic acids is 1. The molecule has 3 aliphatic rings. The Labute approximate surface area is 208 Å². The monoisotopic (exact) mass is 559 g/mol. The molecule has 1 aromatic carbocycles. The lowest BCUT2D eigenvalue weighted by Gasteiger charge is -2.37. The van der Waals surface area contributed by atoms with Gasteiger partial charge in [-0.15, -0.1) is 24.0 Å². The summed E-state index contributed by atoms with van der Waals surface area (Å²) in [4.78, 5) is 23.7. The topological polar surface area (TPSA) is 51.2 Å². The summed E-state index contributed by atoms with van der Waals surface area (Å²) in [6, 6.07) is 8.25. The van der Waals surface area contributed by atoms with Crippen LogP contribution < -0.4 is 5.32 Å². The molecule has 1 amide bonds. The number of nitrogens with one attached hydrogen (secondary N) is 1. The van der Waals surface area contributed by atoms with Gasteiger partial charge in [0.25, 0.3) is 0 Å². The van der Waals surface area contributed by atoms with Crippen LogP contribution in [0.4, 0.5) is 0 Å². The molecule has 2 saturated heterocycles. The molecule has 1 aromatic rings. The molecule has 172 valence electrons. The molecule has 31 heavy (non-hydrogen) atoms. The molecule has 0 spiro atoms. The first-order chi connectivity index (χ1) is 14.6. The highest BCUT2D eigenvalue weighted by Gasteiger charge is 2.44. The maximum Gasteiger partial charge on any atom is 0.236 e. The summed E-state index contributed by atoms with van der Waals surface area (Å²) in [5.41, 5.74) is 1.50. The van der Waals surface area contributed by atoms with Crippen molar-refractivity contribution >= 4 is 47.4 Å². The number of halogens is 2. The Morgan fingerprint density at radius 3 is 2.39 bits per heavy atom. The van der Waals surface area contributed by atoms with Crippen molar-refractivity contribution in [2.45, 2.75) is 37.5 Å². The third-order valence-corrected chi connectivity index (χ3v) is 7.06. The lowest BCUT2D eigenvalue weighted by molar-refractivity contribution is -0.133. The van der Waals surface area contributed by atoms with E-state index in [9.17, 15) is 4.79 Å². The first-order valence-corrected chi connectivity index (χ1v) is 11.7. The smallest absolute Gasteiger partial charge is 0.236 e. The van der Waals surface area contributed by atoms with E-state index >= 15 is 0 Å². The van der Waals surface area contributed by atoms with Crippen molar-refractivity contribution in [2.24, 2.45) is 4.99 Å². The SMILES string of the molecule is CN=C(NCC1(c2cccc(Cl)c2)CC1)N1CCN(CC(=O)N2CCCCC2)CC1.I. The number of piperazine rings is 1. The number of likely N-dealkylation sites (tertiary alicyclic amines) is 1. The first kappa shape index (κ1) is 24.6. The highest BCUT2D eigenvalue weighted by molar-refractivity contribution is 14.0. The summed E-state index contributed by atoms with van der Waals surface area (Å²) < 4.78 is 0. The van der Waals surface area contributed by atoms with Crippen LogP contribution in [0.25, 0.3) is 0 Å². The molecule has 1 saturated carbocycles. The summed E-state index contributed by atoms with van der Waals surface area (Å²) in [6.07, 6.45) is 5.93. The zero-order valence-electron chi connectivity index (χ0n) is 18.5. The van der Waals surface area contributed by atoms with Crippen molar-refractivity contribution in [3.05, 3.63) is 34.9 Å². The highest BCUT2D eigenvalue weighted by Crippen LogP contribution is 2.48. The molecular formula is C23H35ClIN5O. The van der Waals surface area contributed by atoms with Gasteiger partial charge in [-0.05, 0) is 49.8 Å². The van der Waals surface area contributed by atoms with Crippen LogP contribution in [0.3, 0.4) is 0 Å². The van der Waals surface area contributed by atoms with E-state index < -0.39 is 0 Å². The molecule has 0 aromatic heterocycles. The second-order valence-corrected chi connectivity index (χ2v) is 9.33. The number of aliphatic imine (C=N–C) groups is 1. The van der Waals surface area contributed by atoms with E-state index in [2.05, 4.69) is 32.2 Å². The number of piperidine rings is 1. The predicted octanol–water partition coefficient (Wildman–Crippen LogP) is 3.20. The van der Waals surface area contributed by atoms with Gasteiger partial charge in [-0.1, -0.05) is 23.7 Å². The molecular weight excluding hydrogens is 525 g/mol. The minimum Gasteiger partial charge on any atom is -0.355 e. The normalized spacial score (nSPS) is 21.4. The van der Waals surface area contributed by atoms with Crippen molar-refractivity contribution in [1.29, 1.82) is 0 Å². The molecule has 3 fully saturated rings. The van der Waals surface area contributed by atoms with Crippen LogP contribution in [0.5, 0.6) is 0 Å². The van der Waals surface area contributed by atoms with Gasteiger partial charge < -0.3 is 15.1 Å². The van der Waals surface area contributed by atoms with E-state index in [0.717, 1.165) is 69.6 Å². The highest BCUT2D eigenvalue weighted by atomic mass is 127. The molecule has 0 bridgehead atoms. The fraction of sp³-hybridized carbons (Fsp3) is 0.652. The summed E-state index contributed by atoms with van der Waals surface area (Å²) in [6.45, 7) is 6.91. The van der Waals surface area contributed by atoms with Crippen LogP contribution in [-0.4, -0.2) is 86.0 Å². The second-order valence-electron chi connectivity index (χ2n) is 8.90. The maximum atomic E-state index is 12.5. The minimum atomic E-state index is 0. The summed E-state index contributed by atoms with van der Waals surface area (Å²) in [5, 5.41) is 4.41. The Bertz CT molecular complexity index is 771. The van der Waals surface area contributed by atoms with E-state index in [-0.39, 0.29) is 29.4 Å². The number of guanidine groups is 1. The van der Waals surface area contributed by atoms with Gasteiger partial charge in [0.05, 0.1) is 6.54 Å². The average molecular weight is 560 g/mol. The molecule has 6 nitrogen and oxygen atoms in total. The number of carbonyl (C=O) groups is 1. The van der Waals surface area contributed by atoms with E-state index in [1.54, 1.807) is 0 Å². The molecule has 0 atom stereocenters. The third kappa shape index (κ3) is 6.26. The van der Waals surface area contributed by atoms with Crippen LogP contribution in [0.1, 0.15) is 37.7 Å². The van der Waals surface area contributed by atoms with Gasteiger partial charge in [-0.3, -0.25) is 14.7 Å². The van der Waals surface area contributed by atoms with Gasteiger partial charge in [-0.2, -0.15) is 0 Å². The van der Waals surface area contributed by atoms with Gasteiger partial charge >= 0.3 is 0 Å². The Balaban J connectivity index is 0.00000272. The Morgan fingerprint density at radius 2 is 1.77 bits per heavy atom. The number of benzene rings is 1. The summed E-state index contributed by atoms with van der Waals surface area (Å²) in [5.74, 6) is 1.26. The number of rotatable bonds is 5. The number of amides is 1. The van der Waals surface area contributed by atoms with Crippen LogP contribution >= 0.6 is 35.6 Å². The van der Waals surface area contributed by atoms with Crippen LogP contribution in [0.2, 0.25) is 5.02 Å². The molecule has 1 aliphatic carbocycles. The third-order valence-electron chi connectivity index (χ3n) is 6.83. The van der Waals surface area contributed by atoms with E-state index in [4.69, 9.17) is 11.6 Å². The minimum absolute atomic E-state index is 0. The summed E-state index contributed by atoms with van der Waals surface area (Å²) in [7, 11) is 1.85. The standard InChI is InChI=1S/C23H34ClN5O.HI/c1-25-22(26-18-23(8-9-23)19-6-5-7-20(24)16-19)29-14-12-27(13-15-29)17-21(30)28-10-3-2-4-11-28;/h5-7,16H,2-4,8-15,17-18H2,1H3,(H,25,26);1H. The quantitative estimate of drug-likeness (QED) is 0.342. The Kier molecular flexibility index (Phi) is 8.87. The van der Waals surface area contributed by atoms with E-state index in [1.165, 1.54) is 24.8 Å².